The van der Waals surface area contributed by atoms with E-state index in [2.05, 4.69) is 39.1 Å². The molecule has 5 heterocycles. The highest BCUT2D eigenvalue weighted by atomic mass is 16.1. The lowest BCUT2D eigenvalue weighted by Gasteiger charge is -2.30. The van der Waals surface area contributed by atoms with E-state index in [1.165, 1.54) is 11.6 Å². The molecule has 1 aromatic carbocycles. The molecule has 0 aliphatic carbocycles. The number of hydrogen-bond acceptors (Lipinski definition) is 7. The number of nitrogen functional groups attached to an aromatic ring is 1. The van der Waals surface area contributed by atoms with Crippen molar-refractivity contribution in [2.75, 3.05) is 18.8 Å². The molecule has 0 atom stereocenters. The molecule has 0 amide bonds. The number of nitrogens with two attached hydrogens (primary N) is 2. The highest BCUT2D eigenvalue weighted by molar-refractivity contribution is 5.84. The first kappa shape index (κ1) is 23.1. The van der Waals surface area contributed by atoms with E-state index in [9.17, 15) is 4.79 Å². The van der Waals surface area contributed by atoms with Gasteiger partial charge in [0.05, 0.1) is 17.0 Å². The van der Waals surface area contributed by atoms with Gasteiger partial charge in [-0.05, 0) is 74.0 Å². The second-order valence-corrected chi connectivity index (χ2v) is 9.45. The number of aromatic nitrogens is 5. The quantitative estimate of drug-likeness (QED) is 0.343. The van der Waals surface area contributed by atoms with E-state index in [1.807, 2.05) is 34.9 Å². The third kappa shape index (κ3) is 4.62. The van der Waals surface area contributed by atoms with Crippen LogP contribution in [0.2, 0.25) is 0 Å². The van der Waals surface area contributed by atoms with Gasteiger partial charge in [-0.15, -0.1) is 0 Å². The van der Waals surface area contributed by atoms with Gasteiger partial charge < -0.3 is 16.5 Å². The summed E-state index contributed by atoms with van der Waals surface area (Å²) in [6.45, 7) is 2.94. The van der Waals surface area contributed by atoms with Crippen LogP contribution < -0.4 is 17.0 Å². The maximum absolute atomic E-state index is 11.9. The number of benzene rings is 1. The molecule has 0 saturated carbocycles. The van der Waals surface area contributed by atoms with Gasteiger partial charge in [0, 0.05) is 30.5 Å². The molecule has 5 N–H and O–H groups in total. The minimum Gasteiger partial charge on any atom is -0.383 e. The van der Waals surface area contributed by atoms with Gasteiger partial charge in [-0.2, -0.15) is 0 Å². The number of anilines is 1. The monoisotopic (exact) mass is 492 g/mol. The van der Waals surface area contributed by atoms with E-state index in [0.29, 0.717) is 40.2 Å². The van der Waals surface area contributed by atoms with Crippen molar-refractivity contribution in [3.05, 3.63) is 88.8 Å². The van der Waals surface area contributed by atoms with E-state index in [0.717, 1.165) is 43.7 Å². The summed E-state index contributed by atoms with van der Waals surface area (Å²) >= 11 is 0. The van der Waals surface area contributed by atoms with Crippen molar-refractivity contribution in [2.45, 2.75) is 25.4 Å². The molecular weight excluding hydrogens is 464 g/mol. The second-order valence-electron chi connectivity index (χ2n) is 9.45. The van der Waals surface area contributed by atoms with E-state index in [4.69, 9.17) is 21.4 Å². The van der Waals surface area contributed by atoms with E-state index >= 15 is 0 Å². The van der Waals surface area contributed by atoms with E-state index in [1.54, 1.807) is 12.3 Å². The third-order valence-electron chi connectivity index (χ3n) is 6.86. The van der Waals surface area contributed by atoms with Crippen LogP contribution in [0.4, 0.5) is 5.82 Å². The molecule has 9 heteroatoms. The molecule has 0 unspecified atom stereocenters. The third-order valence-corrected chi connectivity index (χ3v) is 6.86. The number of pyridine rings is 3. The standard InChI is InChI=1S/C28H28N8O/c29-19-12-15-35(16-13-19)17-18-6-8-20(9-7-18)36-27(21-3-2-14-31-26(21)30)34-24-11-10-23(33-28(24)36)22-4-1-5-25(37)32-22/h1-11,14,19H,12-13,15-17,29H2,(H2,30,31)(H,32,37). The molecule has 6 rings (SSSR count). The van der Waals surface area contributed by atoms with Gasteiger partial charge >= 0.3 is 0 Å². The summed E-state index contributed by atoms with van der Waals surface area (Å²) in [5.41, 5.74) is 17.7. The van der Waals surface area contributed by atoms with Crippen molar-refractivity contribution >= 4 is 17.0 Å². The summed E-state index contributed by atoms with van der Waals surface area (Å²) in [5, 5.41) is 0. The smallest absolute Gasteiger partial charge is 0.248 e. The van der Waals surface area contributed by atoms with Crippen LogP contribution in [0.5, 0.6) is 0 Å². The van der Waals surface area contributed by atoms with Gasteiger partial charge in [0.2, 0.25) is 5.56 Å². The zero-order chi connectivity index (χ0) is 25.4. The zero-order valence-electron chi connectivity index (χ0n) is 20.3. The Labute approximate surface area is 213 Å². The predicted molar refractivity (Wildman–Crippen MR) is 145 cm³/mol. The number of piperidine rings is 1. The number of fused-ring (bicyclic) bond motifs is 1. The van der Waals surface area contributed by atoms with Crippen LogP contribution in [0.25, 0.3) is 39.6 Å². The Morgan fingerprint density at radius 3 is 2.51 bits per heavy atom. The molecule has 9 nitrogen and oxygen atoms in total. The molecule has 0 spiro atoms. The zero-order valence-corrected chi connectivity index (χ0v) is 20.3. The molecule has 1 aliphatic rings. The maximum Gasteiger partial charge on any atom is 0.248 e. The molecule has 4 aromatic heterocycles. The van der Waals surface area contributed by atoms with Crippen LogP contribution in [0, 0.1) is 0 Å². The molecule has 1 aliphatic heterocycles. The fourth-order valence-corrected chi connectivity index (χ4v) is 4.86. The average molecular weight is 493 g/mol. The summed E-state index contributed by atoms with van der Waals surface area (Å²) in [6.07, 6.45) is 3.74. The summed E-state index contributed by atoms with van der Waals surface area (Å²) in [4.78, 5) is 31.3. The van der Waals surface area contributed by atoms with Gasteiger partial charge in [0.1, 0.15) is 11.3 Å². The van der Waals surface area contributed by atoms with Crippen LogP contribution in [0.1, 0.15) is 18.4 Å². The van der Waals surface area contributed by atoms with Crippen molar-refractivity contribution in [1.82, 2.24) is 29.4 Å². The molecule has 1 saturated heterocycles. The van der Waals surface area contributed by atoms with Gasteiger partial charge in [0.15, 0.2) is 11.5 Å². The van der Waals surface area contributed by atoms with Gasteiger partial charge in [0.25, 0.3) is 0 Å². The minimum atomic E-state index is -0.178. The Bertz CT molecular complexity index is 1610. The Morgan fingerprint density at radius 2 is 1.76 bits per heavy atom. The molecule has 1 fully saturated rings. The van der Waals surface area contributed by atoms with Crippen LogP contribution in [0.3, 0.4) is 0 Å². The molecule has 0 bridgehead atoms. The Morgan fingerprint density at radius 1 is 0.946 bits per heavy atom. The summed E-state index contributed by atoms with van der Waals surface area (Å²) in [7, 11) is 0. The highest BCUT2D eigenvalue weighted by Crippen LogP contribution is 2.31. The summed E-state index contributed by atoms with van der Waals surface area (Å²) in [6, 6.07) is 21.3. The molecular formula is C28H28N8O. The van der Waals surface area contributed by atoms with Crippen molar-refractivity contribution in [1.29, 1.82) is 0 Å². The first-order valence-electron chi connectivity index (χ1n) is 12.4. The Hall–Kier alpha value is -4.34. The number of rotatable bonds is 5. The number of likely N-dealkylation sites (tertiary alicyclic amines) is 1. The number of H-pyrrole nitrogens is 1. The molecule has 186 valence electrons. The van der Waals surface area contributed by atoms with E-state index < -0.39 is 0 Å². The van der Waals surface area contributed by atoms with Crippen LogP contribution in [0.15, 0.2) is 77.7 Å². The van der Waals surface area contributed by atoms with Crippen molar-refractivity contribution < 1.29 is 0 Å². The van der Waals surface area contributed by atoms with Crippen LogP contribution in [-0.2, 0) is 6.54 Å². The topological polar surface area (TPSA) is 132 Å². The average Bonchev–Trinajstić information content (AvgIpc) is 3.29. The Balaban J connectivity index is 1.44. The number of aromatic amines is 1. The summed E-state index contributed by atoms with van der Waals surface area (Å²) < 4.78 is 2.00. The van der Waals surface area contributed by atoms with Crippen molar-refractivity contribution in [3.8, 4) is 28.5 Å². The van der Waals surface area contributed by atoms with Gasteiger partial charge in [-0.25, -0.2) is 15.0 Å². The number of imidazole rings is 1. The normalized spacial score (nSPS) is 14.8. The Kier molecular flexibility index (Phi) is 5.99. The predicted octanol–water partition coefficient (Wildman–Crippen LogP) is 3.34. The minimum absolute atomic E-state index is 0.178. The van der Waals surface area contributed by atoms with Crippen molar-refractivity contribution in [3.63, 3.8) is 0 Å². The van der Waals surface area contributed by atoms with Crippen LogP contribution >= 0.6 is 0 Å². The fourth-order valence-electron chi connectivity index (χ4n) is 4.86. The first-order valence-corrected chi connectivity index (χ1v) is 12.4. The lowest BCUT2D eigenvalue weighted by molar-refractivity contribution is 0.205. The van der Waals surface area contributed by atoms with Crippen LogP contribution in [-0.4, -0.2) is 48.5 Å². The lowest BCUT2D eigenvalue weighted by atomic mass is 10.1. The van der Waals surface area contributed by atoms with Gasteiger partial charge in [-0.3, -0.25) is 14.3 Å². The number of nitrogens with zero attached hydrogens (tertiary/aromatic N) is 5. The largest absolute Gasteiger partial charge is 0.383 e. The maximum atomic E-state index is 11.9. The fraction of sp³-hybridized carbons (Fsp3) is 0.214. The molecule has 5 aromatic rings. The molecule has 0 radical (unpaired) electrons. The van der Waals surface area contributed by atoms with Crippen molar-refractivity contribution in [2.24, 2.45) is 5.73 Å². The second kappa shape index (κ2) is 9.61. The molecule has 37 heavy (non-hydrogen) atoms. The first-order chi connectivity index (χ1) is 18.0. The summed E-state index contributed by atoms with van der Waals surface area (Å²) in [5.74, 6) is 1.05. The number of nitrogens with one attached hydrogen (secondary N) is 1. The highest BCUT2D eigenvalue weighted by Gasteiger charge is 2.20. The lowest BCUT2D eigenvalue weighted by Crippen LogP contribution is -2.39. The van der Waals surface area contributed by atoms with E-state index in [-0.39, 0.29) is 5.56 Å². The van der Waals surface area contributed by atoms with Gasteiger partial charge in [-0.1, -0.05) is 18.2 Å². The SMILES string of the molecule is Nc1ncccc1-c1nc2ccc(-c3cccc(=O)[nH]3)nc2n1-c1ccc(CN2CCC(N)CC2)cc1. The number of hydrogen-bond donors (Lipinski definition) is 3.